The van der Waals surface area contributed by atoms with Crippen molar-refractivity contribution in [1.82, 2.24) is 10.7 Å². The second-order valence-electron chi connectivity index (χ2n) is 8.73. The van der Waals surface area contributed by atoms with Gasteiger partial charge < -0.3 is 10.4 Å². The molecule has 0 aliphatic heterocycles. The number of rotatable bonds is 5. The lowest BCUT2D eigenvalue weighted by molar-refractivity contribution is -0.125. The Kier molecular flexibility index (Phi) is 4.66. The molecule has 4 saturated carbocycles. The highest BCUT2D eigenvalue weighted by molar-refractivity contribution is 6.02. The molecule has 6 heteroatoms. The number of hydrogen-bond donors (Lipinski definition) is 3. The van der Waals surface area contributed by atoms with Gasteiger partial charge in [-0.25, -0.2) is 5.43 Å². The second-order valence-corrected chi connectivity index (χ2v) is 8.73. The molecule has 1 aromatic carbocycles. The Balaban J connectivity index is 1.32. The SMILES string of the molecule is CC(CC(=O)NC12CC3CC(CC(C3)C1)C2)=NNC(=O)c1ccccc1O. The first-order valence-corrected chi connectivity index (χ1v) is 9.85. The van der Waals surface area contributed by atoms with E-state index in [2.05, 4.69) is 15.8 Å². The van der Waals surface area contributed by atoms with Crippen LogP contribution in [0.25, 0.3) is 0 Å². The minimum Gasteiger partial charge on any atom is -0.507 e. The van der Waals surface area contributed by atoms with Crippen molar-refractivity contribution in [3.05, 3.63) is 29.8 Å². The normalized spacial score (nSPS) is 31.6. The summed E-state index contributed by atoms with van der Waals surface area (Å²) >= 11 is 0. The van der Waals surface area contributed by atoms with Gasteiger partial charge in [-0.1, -0.05) is 12.1 Å². The largest absolute Gasteiger partial charge is 0.507 e. The summed E-state index contributed by atoms with van der Waals surface area (Å²) in [5.41, 5.74) is 3.11. The van der Waals surface area contributed by atoms with Crippen LogP contribution < -0.4 is 10.7 Å². The van der Waals surface area contributed by atoms with E-state index in [1.807, 2.05) is 0 Å². The summed E-state index contributed by atoms with van der Waals surface area (Å²) in [5, 5.41) is 17.0. The lowest BCUT2D eigenvalue weighted by atomic mass is 9.53. The highest BCUT2D eigenvalue weighted by Crippen LogP contribution is 2.55. The van der Waals surface area contributed by atoms with Gasteiger partial charge in [0.1, 0.15) is 5.75 Å². The lowest BCUT2D eigenvalue weighted by Crippen LogP contribution is -2.60. The summed E-state index contributed by atoms with van der Waals surface area (Å²) in [6, 6.07) is 6.29. The Morgan fingerprint density at radius 2 is 1.70 bits per heavy atom. The zero-order valence-corrected chi connectivity index (χ0v) is 15.7. The number of hydrazone groups is 1. The van der Waals surface area contributed by atoms with Gasteiger partial charge in [0.15, 0.2) is 0 Å². The third kappa shape index (κ3) is 3.84. The number of phenolic OH excluding ortho intramolecular Hbond substituents is 1. The highest BCUT2D eigenvalue weighted by atomic mass is 16.3. The van der Waals surface area contributed by atoms with Crippen LogP contribution in [-0.4, -0.2) is 28.2 Å². The van der Waals surface area contributed by atoms with Crippen LogP contribution in [0.4, 0.5) is 0 Å². The molecule has 4 aliphatic rings. The molecule has 5 rings (SSSR count). The zero-order chi connectivity index (χ0) is 19.0. The maximum atomic E-state index is 12.6. The van der Waals surface area contributed by atoms with Gasteiger partial charge in [-0.3, -0.25) is 9.59 Å². The number of benzene rings is 1. The van der Waals surface area contributed by atoms with Crippen molar-refractivity contribution < 1.29 is 14.7 Å². The molecular formula is C21H27N3O3. The molecule has 6 nitrogen and oxygen atoms in total. The molecule has 4 aliphatic carbocycles. The van der Waals surface area contributed by atoms with E-state index < -0.39 is 5.91 Å². The number of hydrogen-bond acceptors (Lipinski definition) is 4. The van der Waals surface area contributed by atoms with Gasteiger partial charge in [0.2, 0.25) is 5.91 Å². The first-order valence-electron chi connectivity index (χ1n) is 9.85. The van der Waals surface area contributed by atoms with Gasteiger partial charge in [0.05, 0.1) is 12.0 Å². The fourth-order valence-corrected chi connectivity index (χ4v) is 5.75. The van der Waals surface area contributed by atoms with E-state index in [-0.39, 0.29) is 29.2 Å². The quantitative estimate of drug-likeness (QED) is 0.550. The average molecular weight is 369 g/mol. The molecule has 4 bridgehead atoms. The Hall–Kier alpha value is -2.37. The number of nitrogens with one attached hydrogen (secondary N) is 2. The van der Waals surface area contributed by atoms with E-state index in [1.165, 1.54) is 31.4 Å². The summed E-state index contributed by atoms with van der Waals surface area (Å²) in [5.74, 6) is 1.74. The number of amides is 2. The summed E-state index contributed by atoms with van der Waals surface area (Å²) in [4.78, 5) is 24.6. The molecule has 0 aromatic heterocycles. The van der Waals surface area contributed by atoms with Crippen LogP contribution in [0, 0.1) is 17.8 Å². The standard InChI is InChI=1S/C21H27N3O3/c1-13(23-24-20(27)17-4-2-3-5-18(17)25)6-19(26)22-21-10-14-7-15(11-21)9-16(8-14)12-21/h2-5,14-16,25H,6-12H2,1H3,(H,22,26)(H,24,27). The minimum atomic E-state index is -0.492. The number of aromatic hydroxyl groups is 1. The van der Waals surface area contributed by atoms with Gasteiger partial charge in [-0.05, 0) is 75.3 Å². The van der Waals surface area contributed by atoms with Gasteiger partial charge in [-0.2, -0.15) is 5.10 Å². The maximum Gasteiger partial charge on any atom is 0.275 e. The molecule has 144 valence electrons. The first kappa shape index (κ1) is 18.0. The van der Waals surface area contributed by atoms with E-state index in [0.717, 1.165) is 37.0 Å². The fraction of sp³-hybridized carbons (Fsp3) is 0.571. The number of carbonyl (C=O) groups is 2. The molecule has 1 aromatic rings. The first-order chi connectivity index (χ1) is 12.9. The van der Waals surface area contributed by atoms with Crippen molar-refractivity contribution in [3.63, 3.8) is 0 Å². The Morgan fingerprint density at radius 1 is 1.11 bits per heavy atom. The monoisotopic (exact) mass is 369 g/mol. The van der Waals surface area contributed by atoms with Crippen molar-refractivity contribution in [2.75, 3.05) is 0 Å². The Morgan fingerprint density at radius 3 is 2.30 bits per heavy atom. The van der Waals surface area contributed by atoms with Crippen molar-refractivity contribution in [2.24, 2.45) is 22.9 Å². The smallest absolute Gasteiger partial charge is 0.275 e. The number of phenols is 1. The third-order valence-corrected chi connectivity index (χ3v) is 6.36. The predicted molar refractivity (Wildman–Crippen MR) is 102 cm³/mol. The Bertz CT molecular complexity index is 751. The average Bonchev–Trinajstić information content (AvgIpc) is 2.58. The van der Waals surface area contributed by atoms with Crippen LogP contribution in [0.5, 0.6) is 5.75 Å². The molecule has 0 spiro atoms. The molecule has 0 radical (unpaired) electrons. The molecule has 3 N–H and O–H groups in total. The number of carbonyl (C=O) groups excluding carboxylic acids is 2. The predicted octanol–water partition coefficient (Wildman–Crippen LogP) is 2.97. The minimum absolute atomic E-state index is 0.00874. The van der Waals surface area contributed by atoms with E-state index >= 15 is 0 Å². The number of para-hydroxylation sites is 1. The molecular weight excluding hydrogens is 342 g/mol. The molecule has 0 saturated heterocycles. The summed E-state index contributed by atoms with van der Waals surface area (Å²) in [6.45, 7) is 1.73. The Labute approximate surface area is 159 Å². The molecule has 0 atom stereocenters. The third-order valence-electron chi connectivity index (χ3n) is 6.36. The van der Waals surface area contributed by atoms with Gasteiger partial charge in [-0.15, -0.1) is 0 Å². The number of nitrogens with zero attached hydrogens (tertiary/aromatic N) is 1. The summed E-state index contributed by atoms with van der Waals surface area (Å²) < 4.78 is 0. The summed E-state index contributed by atoms with van der Waals surface area (Å²) in [6.07, 6.45) is 7.54. The fourth-order valence-electron chi connectivity index (χ4n) is 5.75. The molecule has 27 heavy (non-hydrogen) atoms. The van der Waals surface area contributed by atoms with E-state index in [0.29, 0.717) is 5.71 Å². The van der Waals surface area contributed by atoms with Crippen LogP contribution in [0.1, 0.15) is 62.2 Å². The topological polar surface area (TPSA) is 90.8 Å². The van der Waals surface area contributed by atoms with Crippen LogP contribution in [0.15, 0.2) is 29.4 Å². The van der Waals surface area contributed by atoms with Crippen LogP contribution in [-0.2, 0) is 4.79 Å². The van der Waals surface area contributed by atoms with Crippen molar-refractivity contribution in [1.29, 1.82) is 0 Å². The van der Waals surface area contributed by atoms with Crippen molar-refractivity contribution >= 4 is 17.5 Å². The summed E-state index contributed by atoms with van der Waals surface area (Å²) in [7, 11) is 0. The van der Waals surface area contributed by atoms with Gasteiger partial charge in [0.25, 0.3) is 5.91 Å². The lowest BCUT2D eigenvalue weighted by Gasteiger charge is -2.56. The maximum absolute atomic E-state index is 12.6. The molecule has 2 amide bonds. The van der Waals surface area contributed by atoms with E-state index in [1.54, 1.807) is 19.1 Å². The van der Waals surface area contributed by atoms with E-state index in [4.69, 9.17) is 0 Å². The molecule has 0 heterocycles. The van der Waals surface area contributed by atoms with Crippen molar-refractivity contribution in [3.8, 4) is 5.75 Å². The highest BCUT2D eigenvalue weighted by Gasteiger charge is 2.51. The zero-order valence-electron chi connectivity index (χ0n) is 15.7. The van der Waals surface area contributed by atoms with Crippen LogP contribution >= 0.6 is 0 Å². The van der Waals surface area contributed by atoms with Crippen molar-refractivity contribution in [2.45, 2.75) is 57.4 Å². The van der Waals surface area contributed by atoms with Crippen LogP contribution in [0.3, 0.4) is 0 Å². The molecule has 0 unspecified atom stereocenters. The van der Waals surface area contributed by atoms with Gasteiger partial charge >= 0.3 is 0 Å². The van der Waals surface area contributed by atoms with Gasteiger partial charge in [0, 0.05) is 11.3 Å². The molecule has 4 fully saturated rings. The van der Waals surface area contributed by atoms with E-state index in [9.17, 15) is 14.7 Å². The second kappa shape index (κ2) is 6.98. The van der Waals surface area contributed by atoms with Crippen LogP contribution in [0.2, 0.25) is 0 Å².